The van der Waals surface area contributed by atoms with Crippen molar-refractivity contribution in [1.82, 2.24) is 24.6 Å². The zero-order valence-electron chi connectivity index (χ0n) is 18.2. The van der Waals surface area contributed by atoms with Crippen LogP contribution in [0.25, 0.3) is 0 Å². The highest BCUT2D eigenvalue weighted by atomic mass is 16.5. The average Bonchev–Trinajstić information content (AvgIpc) is 3.33. The number of likely N-dealkylation sites (N-methyl/N-ethyl adjacent to an activating group) is 1. The first kappa shape index (κ1) is 21.0. The molecule has 1 spiro atoms. The van der Waals surface area contributed by atoms with Crippen molar-refractivity contribution in [3.63, 3.8) is 0 Å². The number of nitrogens with zero attached hydrogens (tertiary/aromatic N) is 5. The molecule has 7 nitrogen and oxygen atoms in total. The van der Waals surface area contributed by atoms with Gasteiger partial charge in [0.2, 0.25) is 5.91 Å². The first-order chi connectivity index (χ1) is 14.5. The molecule has 0 radical (unpaired) electrons. The minimum atomic E-state index is -0.0297. The van der Waals surface area contributed by atoms with Crippen LogP contribution < -0.4 is 0 Å². The van der Waals surface area contributed by atoms with Gasteiger partial charge in [-0.2, -0.15) is 5.10 Å². The zero-order valence-corrected chi connectivity index (χ0v) is 18.2. The van der Waals surface area contributed by atoms with E-state index < -0.39 is 0 Å². The van der Waals surface area contributed by atoms with Crippen LogP contribution in [0.2, 0.25) is 0 Å². The summed E-state index contributed by atoms with van der Waals surface area (Å²) in [5.41, 5.74) is 2.37. The summed E-state index contributed by atoms with van der Waals surface area (Å²) in [6, 6.07) is 4.13. The molecule has 30 heavy (non-hydrogen) atoms. The fourth-order valence-electron chi connectivity index (χ4n) is 4.73. The van der Waals surface area contributed by atoms with Gasteiger partial charge in [-0.05, 0) is 62.9 Å². The Labute approximate surface area is 179 Å². The Hall–Kier alpha value is -2.25. The van der Waals surface area contributed by atoms with Crippen molar-refractivity contribution in [1.29, 1.82) is 0 Å². The summed E-state index contributed by atoms with van der Waals surface area (Å²) in [5.74, 6) is 0.227. The third kappa shape index (κ3) is 5.26. The summed E-state index contributed by atoms with van der Waals surface area (Å²) in [7, 11) is 2.15. The number of hydrogen-bond donors (Lipinski definition) is 0. The number of aryl methyl sites for hydroxylation is 2. The molecule has 162 valence electrons. The number of amides is 1. The van der Waals surface area contributed by atoms with Gasteiger partial charge in [-0.3, -0.25) is 19.4 Å². The molecule has 2 aliphatic heterocycles. The predicted octanol–water partition coefficient (Wildman–Crippen LogP) is 2.65. The van der Waals surface area contributed by atoms with Crippen molar-refractivity contribution in [2.45, 2.75) is 63.8 Å². The van der Waals surface area contributed by atoms with Gasteiger partial charge >= 0.3 is 0 Å². The minimum absolute atomic E-state index is 0.0297. The molecule has 7 heteroatoms. The van der Waals surface area contributed by atoms with E-state index in [-0.39, 0.29) is 17.6 Å². The summed E-state index contributed by atoms with van der Waals surface area (Å²) in [6.45, 7) is 6.12. The first-order valence-electron chi connectivity index (χ1n) is 11.0. The molecule has 0 aromatic carbocycles. The van der Waals surface area contributed by atoms with Gasteiger partial charge in [0, 0.05) is 57.7 Å². The maximum Gasteiger partial charge on any atom is 0.224 e. The van der Waals surface area contributed by atoms with E-state index >= 15 is 0 Å². The summed E-state index contributed by atoms with van der Waals surface area (Å²) in [5, 5.41) is 4.27. The van der Waals surface area contributed by atoms with Crippen molar-refractivity contribution in [2.24, 2.45) is 0 Å². The van der Waals surface area contributed by atoms with Gasteiger partial charge < -0.3 is 9.64 Å². The Morgan fingerprint density at radius 1 is 1.27 bits per heavy atom. The normalized spacial score (nSPS) is 20.9. The third-order valence-corrected chi connectivity index (χ3v) is 6.40. The lowest BCUT2D eigenvalue weighted by molar-refractivity contribution is -0.138. The molecule has 2 aromatic heterocycles. The summed E-state index contributed by atoms with van der Waals surface area (Å²) in [6.07, 6.45) is 12.4. The molecular weight excluding hydrogens is 378 g/mol. The molecule has 0 saturated carbocycles. The van der Waals surface area contributed by atoms with Crippen molar-refractivity contribution in [2.75, 3.05) is 26.7 Å². The number of rotatable bonds is 7. The predicted molar refractivity (Wildman–Crippen MR) is 115 cm³/mol. The summed E-state index contributed by atoms with van der Waals surface area (Å²) in [4.78, 5) is 21.0. The van der Waals surface area contributed by atoms with Gasteiger partial charge in [0.25, 0.3) is 0 Å². The lowest BCUT2D eigenvalue weighted by atomic mass is 9.88. The first-order valence-corrected chi connectivity index (χ1v) is 11.0. The van der Waals surface area contributed by atoms with Gasteiger partial charge in [0.1, 0.15) is 0 Å². The van der Waals surface area contributed by atoms with Gasteiger partial charge in [-0.15, -0.1) is 0 Å². The minimum Gasteiger partial charge on any atom is -0.370 e. The Bertz CT molecular complexity index is 829. The second-order valence-corrected chi connectivity index (χ2v) is 8.93. The van der Waals surface area contributed by atoms with Crippen molar-refractivity contribution >= 4 is 5.91 Å². The van der Waals surface area contributed by atoms with Crippen LogP contribution in [0.3, 0.4) is 0 Å². The second kappa shape index (κ2) is 9.27. The monoisotopic (exact) mass is 411 g/mol. The van der Waals surface area contributed by atoms with Crippen LogP contribution >= 0.6 is 0 Å². The van der Waals surface area contributed by atoms with Crippen LogP contribution in [0.15, 0.2) is 36.9 Å². The highest BCUT2D eigenvalue weighted by Gasteiger charge is 2.43. The molecule has 0 bridgehead atoms. The van der Waals surface area contributed by atoms with Gasteiger partial charge in [0.15, 0.2) is 0 Å². The number of carbonyl (C=O) groups excluding carboxylic acids is 1. The fourth-order valence-corrected chi connectivity index (χ4v) is 4.73. The smallest absolute Gasteiger partial charge is 0.224 e. The molecule has 0 aliphatic carbocycles. The molecular formula is C23H33N5O2. The fraction of sp³-hybridized carbons (Fsp3) is 0.609. The molecule has 1 amide bonds. The lowest BCUT2D eigenvalue weighted by Crippen LogP contribution is -2.47. The van der Waals surface area contributed by atoms with Gasteiger partial charge in [-0.25, -0.2) is 0 Å². The van der Waals surface area contributed by atoms with E-state index in [0.717, 1.165) is 57.4 Å². The summed E-state index contributed by atoms with van der Waals surface area (Å²) < 4.78 is 8.41. The number of carbonyl (C=O) groups is 1. The number of ether oxygens (including phenoxy) is 1. The summed E-state index contributed by atoms with van der Waals surface area (Å²) >= 11 is 0. The number of pyridine rings is 1. The quantitative estimate of drug-likeness (QED) is 0.701. The maximum absolute atomic E-state index is 12.6. The van der Waals surface area contributed by atoms with Crippen LogP contribution in [0.1, 0.15) is 43.2 Å². The van der Waals surface area contributed by atoms with Crippen LogP contribution in [-0.4, -0.2) is 68.9 Å². The second-order valence-electron chi connectivity index (χ2n) is 8.93. The molecule has 2 fully saturated rings. The molecule has 1 atom stereocenters. The van der Waals surface area contributed by atoms with E-state index in [1.54, 1.807) is 0 Å². The van der Waals surface area contributed by atoms with Crippen molar-refractivity contribution in [3.05, 3.63) is 48.0 Å². The van der Waals surface area contributed by atoms with Crippen LogP contribution in [-0.2, 0) is 22.6 Å². The van der Waals surface area contributed by atoms with Gasteiger partial charge in [0.05, 0.1) is 17.9 Å². The van der Waals surface area contributed by atoms with E-state index in [1.807, 2.05) is 41.3 Å². The lowest BCUT2D eigenvalue weighted by Gasteiger charge is -2.39. The third-order valence-electron chi connectivity index (χ3n) is 6.40. The Morgan fingerprint density at radius 3 is 2.73 bits per heavy atom. The standard InChI is InChI=1S/C23H33N5O2/c1-19-15-25-28(16-19)12-6-22(29)27-13-8-23(9-14-27)7-3-21(30-23)18-26(2)17-20-4-10-24-11-5-20/h4-5,10-11,15-16,21H,3,6-9,12-14,17-18H2,1-2H3. The molecule has 2 aliphatic rings. The van der Waals surface area contributed by atoms with E-state index in [9.17, 15) is 4.79 Å². The maximum atomic E-state index is 12.6. The van der Waals surface area contributed by atoms with E-state index in [0.29, 0.717) is 13.0 Å². The molecule has 4 rings (SSSR count). The van der Waals surface area contributed by atoms with Crippen LogP contribution in [0.4, 0.5) is 0 Å². The van der Waals surface area contributed by atoms with Gasteiger partial charge in [-0.1, -0.05) is 0 Å². The SMILES string of the molecule is Cc1cnn(CCC(=O)N2CCC3(CCC(CN(C)Cc4ccncc4)O3)CC2)c1. The van der Waals surface area contributed by atoms with Crippen LogP contribution in [0.5, 0.6) is 0 Å². The molecule has 2 saturated heterocycles. The highest BCUT2D eigenvalue weighted by Crippen LogP contribution is 2.39. The Balaban J connectivity index is 1.20. The highest BCUT2D eigenvalue weighted by molar-refractivity contribution is 5.76. The van der Waals surface area contributed by atoms with E-state index in [4.69, 9.17) is 4.74 Å². The van der Waals surface area contributed by atoms with E-state index in [2.05, 4.69) is 34.2 Å². The number of aromatic nitrogens is 3. The molecule has 1 unspecified atom stereocenters. The number of piperidine rings is 1. The Kier molecular flexibility index (Phi) is 6.49. The molecule has 4 heterocycles. The molecule has 0 N–H and O–H groups in total. The number of likely N-dealkylation sites (tertiary alicyclic amines) is 1. The molecule has 2 aromatic rings. The topological polar surface area (TPSA) is 63.5 Å². The van der Waals surface area contributed by atoms with Crippen LogP contribution in [0, 0.1) is 6.92 Å². The van der Waals surface area contributed by atoms with Crippen molar-refractivity contribution in [3.8, 4) is 0 Å². The average molecular weight is 412 g/mol. The van der Waals surface area contributed by atoms with Crippen molar-refractivity contribution < 1.29 is 9.53 Å². The zero-order chi connectivity index (χ0) is 21.0. The largest absolute Gasteiger partial charge is 0.370 e. The van der Waals surface area contributed by atoms with E-state index in [1.165, 1.54) is 5.56 Å². The number of hydrogen-bond acceptors (Lipinski definition) is 5. The Morgan fingerprint density at radius 2 is 2.03 bits per heavy atom.